The Labute approximate surface area is 124 Å². The standard InChI is InChI=1S/C14H21ClN4O/c1-8(15)11-18-10-12(16-7-17-13(10)20-6)19(11)9(2)14(3,4)5/h7-9H,1-6H3. The molecule has 110 valence electrons. The van der Waals surface area contributed by atoms with E-state index in [1.54, 1.807) is 7.11 Å². The van der Waals surface area contributed by atoms with Crippen LogP contribution < -0.4 is 4.74 Å². The number of fused-ring (bicyclic) bond motifs is 1. The smallest absolute Gasteiger partial charge is 0.245 e. The van der Waals surface area contributed by atoms with Gasteiger partial charge in [-0.15, -0.1) is 11.6 Å². The first kappa shape index (κ1) is 15.0. The van der Waals surface area contributed by atoms with Gasteiger partial charge < -0.3 is 9.30 Å². The van der Waals surface area contributed by atoms with Gasteiger partial charge in [-0.3, -0.25) is 0 Å². The molecule has 0 saturated carbocycles. The molecular formula is C14H21ClN4O. The first-order valence-corrected chi connectivity index (χ1v) is 7.12. The maximum Gasteiger partial charge on any atom is 0.245 e. The summed E-state index contributed by atoms with van der Waals surface area (Å²) < 4.78 is 7.37. The molecule has 0 N–H and O–H groups in total. The molecule has 2 heterocycles. The number of hydrogen-bond donors (Lipinski definition) is 0. The molecule has 0 aliphatic heterocycles. The number of alkyl halides is 1. The quantitative estimate of drug-likeness (QED) is 0.810. The summed E-state index contributed by atoms with van der Waals surface area (Å²) in [4.78, 5) is 13.1. The summed E-state index contributed by atoms with van der Waals surface area (Å²) >= 11 is 6.30. The highest BCUT2D eigenvalue weighted by Gasteiger charge is 2.29. The summed E-state index contributed by atoms with van der Waals surface area (Å²) in [5.41, 5.74) is 1.49. The third-order valence-corrected chi connectivity index (χ3v) is 3.86. The lowest BCUT2D eigenvalue weighted by molar-refractivity contribution is 0.261. The molecule has 0 radical (unpaired) electrons. The van der Waals surface area contributed by atoms with Crippen molar-refractivity contribution in [1.82, 2.24) is 19.5 Å². The van der Waals surface area contributed by atoms with Crippen molar-refractivity contribution in [3.8, 4) is 5.88 Å². The maximum absolute atomic E-state index is 6.30. The molecule has 2 aromatic rings. The Morgan fingerprint density at radius 1 is 1.25 bits per heavy atom. The van der Waals surface area contributed by atoms with Crippen molar-refractivity contribution in [2.75, 3.05) is 7.11 Å². The molecular weight excluding hydrogens is 276 g/mol. The van der Waals surface area contributed by atoms with Crippen molar-refractivity contribution in [2.24, 2.45) is 5.41 Å². The Morgan fingerprint density at radius 2 is 1.90 bits per heavy atom. The number of imidazole rings is 1. The van der Waals surface area contributed by atoms with Gasteiger partial charge in [0.05, 0.1) is 12.5 Å². The lowest BCUT2D eigenvalue weighted by Gasteiger charge is -2.30. The van der Waals surface area contributed by atoms with E-state index < -0.39 is 0 Å². The summed E-state index contributed by atoms with van der Waals surface area (Å²) in [6.45, 7) is 10.6. The second kappa shape index (κ2) is 5.20. The molecule has 0 aromatic carbocycles. The van der Waals surface area contributed by atoms with Gasteiger partial charge in [0.15, 0.2) is 11.2 Å². The Kier molecular flexibility index (Phi) is 3.91. The third kappa shape index (κ3) is 2.46. The minimum atomic E-state index is -0.210. The Hall–Kier alpha value is -1.36. The molecule has 0 aliphatic rings. The first-order valence-electron chi connectivity index (χ1n) is 6.68. The van der Waals surface area contributed by atoms with Gasteiger partial charge in [0, 0.05) is 6.04 Å². The van der Waals surface area contributed by atoms with Crippen LogP contribution in [0.1, 0.15) is 51.9 Å². The second-order valence-electron chi connectivity index (χ2n) is 6.05. The van der Waals surface area contributed by atoms with Gasteiger partial charge in [-0.05, 0) is 19.3 Å². The fraction of sp³-hybridized carbons (Fsp3) is 0.643. The van der Waals surface area contributed by atoms with E-state index in [4.69, 9.17) is 16.3 Å². The fourth-order valence-electron chi connectivity index (χ4n) is 2.10. The Bertz CT molecular complexity index is 615. The number of aromatic nitrogens is 4. The molecule has 0 fully saturated rings. The van der Waals surface area contributed by atoms with Gasteiger partial charge in [0.1, 0.15) is 12.2 Å². The van der Waals surface area contributed by atoms with Crippen LogP contribution in [-0.4, -0.2) is 26.6 Å². The van der Waals surface area contributed by atoms with Gasteiger partial charge in [0.25, 0.3) is 0 Å². The molecule has 0 amide bonds. The van der Waals surface area contributed by atoms with Crippen molar-refractivity contribution in [3.63, 3.8) is 0 Å². The van der Waals surface area contributed by atoms with E-state index in [2.05, 4.69) is 47.2 Å². The monoisotopic (exact) mass is 296 g/mol. The van der Waals surface area contributed by atoms with Crippen molar-refractivity contribution in [1.29, 1.82) is 0 Å². The van der Waals surface area contributed by atoms with E-state index in [-0.39, 0.29) is 16.8 Å². The zero-order valence-electron chi connectivity index (χ0n) is 12.8. The van der Waals surface area contributed by atoms with E-state index in [0.29, 0.717) is 11.4 Å². The highest BCUT2D eigenvalue weighted by Crippen LogP contribution is 2.37. The van der Waals surface area contributed by atoms with E-state index in [1.807, 2.05) is 6.92 Å². The minimum Gasteiger partial charge on any atom is -0.479 e. The van der Waals surface area contributed by atoms with Crippen molar-refractivity contribution >= 4 is 22.8 Å². The Balaban J connectivity index is 2.76. The van der Waals surface area contributed by atoms with Crippen LogP contribution in [-0.2, 0) is 0 Å². The molecule has 0 saturated heterocycles. The van der Waals surface area contributed by atoms with Crippen LogP contribution in [0.2, 0.25) is 0 Å². The number of methoxy groups -OCH3 is 1. The van der Waals surface area contributed by atoms with Crippen LogP contribution in [0.15, 0.2) is 6.33 Å². The average Bonchev–Trinajstić information content (AvgIpc) is 2.75. The molecule has 0 bridgehead atoms. The predicted molar refractivity (Wildman–Crippen MR) is 80.3 cm³/mol. The van der Waals surface area contributed by atoms with Gasteiger partial charge in [-0.1, -0.05) is 20.8 Å². The van der Waals surface area contributed by atoms with Crippen molar-refractivity contribution in [3.05, 3.63) is 12.2 Å². The highest BCUT2D eigenvalue weighted by molar-refractivity contribution is 6.20. The largest absolute Gasteiger partial charge is 0.479 e. The summed E-state index contributed by atoms with van der Waals surface area (Å²) in [5.74, 6) is 1.27. The molecule has 5 nitrogen and oxygen atoms in total. The number of nitrogens with zero attached hydrogens (tertiary/aromatic N) is 4. The number of hydrogen-bond acceptors (Lipinski definition) is 4. The predicted octanol–water partition coefficient (Wildman–Crippen LogP) is 3.74. The zero-order chi connectivity index (χ0) is 15.1. The van der Waals surface area contributed by atoms with Crippen molar-refractivity contribution in [2.45, 2.75) is 46.0 Å². The van der Waals surface area contributed by atoms with Gasteiger partial charge in [-0.2, -0.15) is 4.98 Å². The summed E-state index contributed by atoms with van der Waals surface area (Å²) in [7, 11) is 1.58. The summed E-state index contributed by atoms with van der Waals surface area (Å²) in [6.07, 6.45) is 1.50. The third-order valence-electron chi connectivity index (χ3n) is 3.66. The van der Waals surface area contributed by atoms with Crippen LogP contribution in [0.5, 0.6) is 5.88 Å². The van der Waals surface area contributed by atoms with Gasteiger partial charge >= 0.3 is 0 Å². The molecule has 2 unspecified atom stereocenters. The van der Waals surface area contributed by atoms with E-state index >= 15 is 0 Å². The SMILES string of the molecule is COc1ncnc2c1nc(C(C)Cl)n2C(C)C(C)(C)C. The minimum absolute atomic E-state index is 0.0618. The maximum atomic E-state index is 6.30. The van der Waals surface area contributed by atoms with Crippen LogP contribution in [0.25, 0.3) is 11.2 Å². The second-order valence-corrected chi connectivity index (χ2v) is 6.71. The summed E-state index contributed by atoms with van der Waals surface area (Å²) in [5, 5.41) is -0.210. The van der Waals surface area contributed by atoms with E-state index in [0.717, 1.165) is 11.5 Å². The van der Waals surface area contributed by atoms with Crippen LogP contribution in [0, 0.1) is 5.41 Å². The van der Waals surface area contributed by atoms with Gasteiger partial charge in [0.2, 0.25) is 5.88 Å². The number of ether oxygens (including phenoxy) is 1. The van der Waals surface area contributed by atoms with E-state index in [1.165, 1.54) is 6.33 Å². The van der Waals surface area contributed by atoms with Crippen LogP contribution in [0.3, 0.4) is 0 Å². The average molecular weight is 297 g/mol. The zero-order valence-corrected chi connectivity index (χ0v) is 13.6. The molecule has 0 aliphatic carbocycles. The molecule has 20 heavy (non-hydrogen) atoms. The molecule has 2 aromatic heterocycles. The van der Waals surface area contributed by atoms with Crippen molar-refractivity contribution < 1.29 is 4.74 Å². The lowest BCUT2D eigenvalue weighted by atomic mass is 9.87. The van der Waals surface area contributed by atoms with E-state index in [9.17, 15) is 0 Å². The first-order chi connectivity index (χ1) is 9.27. The molecule has 6 heteroatoms. The topological polar surface area (TPSA) is 52.8 Å². The summed E-state index contributed by atoms with van der Waals surface area (Å²) in [6, 6.07) is 0.198. The van der Waals surface area contributed by atoms with Gasteiger partial charge in [-0.25, -0.2) is 9.97 Å². The van der Waals surface area contributed by atoms with Crippen LogP contribution >= 0.6 is 11.6 Å². The normalized spacial score (nSPS) is 15.3. The number of halogens is 1. The fourth-order valence-corrected chi connectivity index (χ4v) is 2.26. The molecule has 2 rings (SSSR count). The number of rotatable bonds is 3. The molecule has 2 atom stereocenters. The highest BCUT2D eigenvalue weighted by atomic mass is 35.5. The lowest BCUT2D eigenvalue weighted by Crippen LogP contribution is -2.23. The Morgan fingerprint density at radius 3 is 2.40 bits per heavy atom. The molecule has 0 spiro atoms. The van der Waals surface area contributed by atoms with Crippen LogP contribution in [0.4, 0.5) is 0 Å².